The lowest BCUT2D eigenvalue weighted by Gasteiger charge is -2.20. The van der Waals surface area contributed by atoms with E-state index in [1.165, 1.54) is 0 Å². The van der Waals surface area contributed by atoms with Gasteiger partial charge in [0.2, 0.25) is 0 Å². The lowest BCUT2D eigenvalue weighted by molar-refractivity contribution is 0.493. The number of hydrogen-bond acceptors (Lipinski definition) is 3. The SMILES string of the molecule is CC1=C(O)c2ccc3cccnc3c2CN1. The summed E-state index contributed by atoms with van der Waals surface area (Å²) < 4.78 is 0. The van der Waals surface area contributed by atoms with Crippen molar-refractivity contribution < 1.29 is 5.11 Å². The third-order valence-corrected chi connectivity index (χ3v) is 3.02. The number of rotatable bonds is 0. The molecule has 3 nitrogen and oxygen atoms in total. The highest BCUT2D eigenvalue weighted by Crippen LogP contribution is 2.29. The first-order chi connectivity index (χ1) is 7.77. The van der Waals surface area contributed by atoms with Crippen molar-refractivity contribution in [2.45, 2.75) is 13.5 Å². The zero-order valence-corrected chi connectivity index (χ0v) is 8.99. The third-order valence-electron chi connectivity index (χ3n) is 3.02. The number of aliphatic hydroxyl groups is 1. The smallest absolute Gasteiger partial charge is 0.141 e. The van der Waals surface area contributed by atoms with Crippen LogP contribution in [0.4, 0.5) is 0 Å². The van der Waals surface area contributed by atoms with Gasteiger partial charge in [-0.15, -0.1) is 0 Å². The van der Waals surface area contributed by atoms with E-state index in [-0.39, 0.29) is 0 Å². The molecule has 1 aliphatic heterocycles. The van der Waals surface area contributed by atoms with Crippen LogP contribution in [0, 0.1) is 0 Å². The van der Waals surface area contributed by atoms with Crippen molar-refractivity contribution in [3.8, 4) is 0 Å². The molecule has 2 heterocycles. The number of aliphatic hydroxyl groups excluding tert-OH is 1. The average Bonchev–Trinajstić information content (AvgIpc) is 2.33. The van der Waals surface area contributed by atoms with Gasteiger partial charge in [-0.3, -0.25) is 4.98 Å². The van der Waals surface area contributed by atoms with Gasteiger partial charge in [-0.1, -0.05) is 18.2 Å². The normalized spacial score (nSPS) is 14.8. The van der Waals surface area contributed by atoms with Gasteiger partial charge in [0.15, 0.2) is 0 Å². The van der Waals surface area contributed by atoms with Crippen molar-refractivity contribution in [3.05, 3.63) is 47.3 Å². The van der Waals surface area contributed by atoms with E-state index in [9.17, 15) is 5.11 Å². The third kappa shape index (κ3) is 1.18. The minimum absolute atomic E-state index is 0.328. The fraction of sp³-hybridized carbons (Fsp3) is 0.154. The van der Waals surface area contributed by atoms with Gasteiger partial charge in [0.1, 0.15) is 5.76 Å². The second-order valence-electron chi connectivity index (χ2n) is 3.99. The number of allylic oxidation sites excluding steroid dienone is 1. The second kappa shape index (κ2) is 3.23. The van der Waals surface area contributed by atoms with Crippen LogP contribution >= 0.6 is 0 Å². The maximum atomic E-state index is 9.98. The van der Waals surface area contributed by atoms with Gasteiger partial charge in [0.25, 0.3) is 0 Å². The van der Waals surface area contributed by atoms with Crippen LogP contribution in [0.15, 0.2) is 36.2 Å². The highest BCUT2D eigenvalue weighted by atomic mass is 16.3. The van der Waals surface area contributed by atoms with Crippen LogP contribution in [0.2, 0.25) is 0 Å². The van der Waals surface area contributed by atoms with E-state index in [0.29, 0.717) is 5.76 Å². The minimum Gasteiger partial charge on any atom is -0.506 e. The first kappa shape index (κ1) is 9.21. The second-order valence-corrected chi connectivity index (χ2v) is 3.99. The van der Waals surface area contributed by atoms with Gasteiger partial charge in [0.05, 0.1) is 11.2 Å². The molecule has 1 aromatic carbocycles. The number of benzene rings is 1. The van der Waals surface area contributed by atoms with Crippen LogP contribution in [0.3, 0.4) is 0 Å². The number of aromatic nitrogens is 1. The first-order valence-corrected chi connectivity index (χ1v) is 5.28. The zero-order chi connectivity index (χ0) is 11.1. The molecule has 0 bridgehead atoms. The molecule has 16 heavy (non-hydrogen) atoms. The highest BCUT2D eigenvalue weighted by Gasteiger charge is 2.17. The number of pyridine rings is 1. The molecular weight excluding hydrogens is 200 g/mol. The van der Waals surface area contributed by atoms with Crippen molar-refractivity contribution >= 4 is 16.7 Å². The maximum absolute atomic E-state index is 9.98. The molecule has 0 saturated carbocycles. The minimum atomic E-state index is 0.328. The topological polar surface area (TPSA) is 45.2 Å². The van der Waals surface area contributed by atoms with Gasteiger partial charge in [-0.25, -0.2) is 0 Å². The van der Waals surface area contributed by atoms with Crippen molar-refractivity contribution in [1.29, 1.82) is 0 Å². The molecule has 0 saturated heterocycles. The van der Waals surface area contributed by atoms with Crippen molar-refractivity contribution in [1.82, 2.24) is 10.3 Å². The summed E-state index contributed by atoms with van der Waals surface area (Å²) in [6.45, 7) is 2.60. The Morgan fingerprint density at radius 3 is 3.06 bits per heavy atom. The number of hydrogen-bond donors (Lipinski definition) is 2. The average molecular weight is 212 g/mol. The Hall–Kier alpha value is -2.03. The molecule has 0 aliphatic carbocycles. The Kier molecular flexibility index (Phi) is 1.86. The largest absolute Gasteiger partial charge is 0.506 e. The van der Waals surface area contributed by atoms with E-state index in [4.69, 9.17) is 0 Å². The molecule has 0 amide bonds. The van der Waals surface area contributed by atoms with E-state index in [1.807, 2.05) is 31.2 Å². The van der Waals surface area contributed by atoms with Gasteiger partial charge in [0, 0.05) is 29.3 Å². The van der Waals surface area contributed by atoms with E-state index < -0.39 is 0 Å². The number of nitrogens with zero attached hydrogens (tertiary/aromatic N) is 1. The van der Waals surface area contributed by atoms with E-state index in [2.05, 4.69) is 10.3 Å². The Morgan fingerprint density at radius 1 is 1.31 bits per heavy atom. The van der Waals surface area contributed by atoms with Gasteiger partial charge < -0.3 is 10.4 Å². The van der Waals surface area contributed by atoms with Crippen molar-refractivity contribution in [2.75, 3.05) is 0 Å². The zero-order valence-electron chi connectivity index (χ0n) is 8.99. The Labute approximate surface area is 93.4 Å². The van der Waals surface area contributed by atoms with Crippen LogP contribution in [0.1, 0.15) is 18.1 Å². The Bertz CT molecular complexity index is 602. The highest BCUT2D eigenvalue weighted by molar-refractivity contribution is 5.87. The van der Waals surface area contributed by atoms with Crippen LogP contribution in [0.5, 0.6) is 0 Å². The van der Waals surface area contributed by atoms with E-state index in [1.54, 1.807) is 6.20 Å². The number of fused-ring (bicyclic) bond motifs is 3. The molecule has 0 fully saturated rings. The standard InChI is InChI=1S/C13H12N2O/c1-8-13(16)10-5-4-9-3-2-6-14-12(9)11(10)7-15-8/h2-6,15-16H,7H2,1H3. The summed E-state index contributed by atoms with van der Waals surface area (Å²) in [5, 5.41) is 14.3. The number of nitrogens with one attached hydrogen (secondary N) is 1. The summed E-state index contributed by atoms with van der Waals surface area (Å²) in [6.07, 6.45) is 1.78. The quantitative estimate of drug-likeness (QED) is 0.705. The molecule has 3 rings (SSSR count). The first-order valence-electron chi connectivity index (χ1n) is 5.28. The molecular formula is C13H12N2O. The van der Waals surface area contributed by atoms with Crippen LogP contribution in [-0.2, 0) is 6.54 Å². The molecule has 80 valence electrons. The Balaban J connectivity index is 2.37. The van der Waals surface area contributed by atoms with Crippen LogP contribution in [-0.4, -0.2) is 10.1 Å². The van der Waals surface area contributed by atoms with Gasteiger partial charge in [-0.2, -0.15) is 0 Å². The molecule has 0 unspecified atom stereocenters. The van der Waals surface area contributed by atoms with E-state index in [0.717, 1.165) is 34.3 Å². The molecule has 2 N–H and O–H groups in total. The fourth-order valence-electron chi connectivity index (χ4n) is 2.11. The van der Waals surface area contributed by atoms with E-state index >= 15 is 0 Å². The fourth-order valence-corrected chi connectivity index (χ4v) is 2.11. The van der Waals surface area contributed by atoms with Gasteiger partial charge >= 0.3 is 0 Å². The summed E-state index contributed by atoms with van der Waals surface area (Å²) >= 11 is 0. The monoisotopic (exact) mass is 212 g/mol. The van der Waals surface area contributed by atoms with Crippen LogP contribution < -0.4 is 5.32 Å². The predicted octanol–water partition coefficient (Wildman–Crippen LogP) is 2.58. The summed E-state index contributed by atoms with van der Waals surface area (Å²) in [4.78, 5) is 4.38. The molecule has 2 aromatic rings. The molecule has 1 aliphatic rings. The summed E-state index contributed by atoms with van der Waals surface area (Å²) in [5.41, 5.74) is 3.75. The molecule has 0 atom stereocenters. The van der Waals surface area contributed by atoms with Crippen molar-refractivity contribution in [3.63, 3.8) is 0 Å². The van der Waals surface area contributed by atoms with Crippen LogP contribution in [0.25, 0.3) is 16.7 Å². The molecule has 0 radical (unpaired) electrons. The molecule has 3 heteroatoms. The van der Waals surface area contributed by atoms with Crippen molar-refractivity contribution in [2.24, 2.45) is 0 Å². The lowest BCUT2D eigenvalue weighted by atomic mass is 9.98. The summed E-state index contributed by atoms with van der Waals surface area (Å²) in [7, 11) is 0. The predicted molar refractivity (Wildman–Crippen MR) is 63.8 cm³/mol. The lowest BCUT2D eigenvalue weighted by Crippen LogP contribution is -2.19. The van der Waals surface area contributed by atoms with Gasteiger partial charge in [-0.05, 0) is 13.0 Å². The summed E-state index contributed by atoms with van der Waals surface area (Å²) in [5.74, 6) is 0.328. The maximum Gasteiger partial charge on any atom is 0.141 e. The molecule has 1 aromatic heterocycles. The Morgan fingerprint density at radius 2 is 2.19 bits per heavy atom. The summed E-state index contributed by atoms with van der Waals surface area (Å²) in [6, 6.07) is 7.91. The molecule has 0 spiro atoms.